The second kappa shape index (κ2) is 8.19. The van der Waals surface area contributed by atoms with Crippen molar-refractivity contribution in [3.8, 4) is 11.3 Å². The molecule has 1 atom stereocenters. The van der Waals surface area contributed by atoms with Crippen LogP contribution in [-0.2, 0) is 13.0 Å². The first-order valence-corrected chi connectivity index (χ1v) is 11.8. The predicted molar refractivity (Wildman–Crippen MR) is 123 cm³/mol. The Kier molecular flexibility index (Phi) is 5.35. The van der Waals surface area contributed by atoms with E-state index in [9.17, 15) is 4.79 Å². The number of hydrogen-bond acceptors (Lipinski definition) is 4. The summed E-state index contributed by atoms with van der Waals surface area (Å²) in [5, 5.41) is 16.1. The van der Waals surface area contributed by atoms with Crippen LogP contribution in [0, 0.1) is 11.3 Å². The number of nitrogens with one attached hydrogen (secondary N) is 1. The lowest BCUT2D eigenvalue weighted by molar-refractivity contribution is 0.0717. The van der Waals surface area contributed by atoms with E-state index in [-0.39, 0.29) is 17.2 Å². The van der Waals surface area contributed by atoms with E-state index in [4.69, 9.17) is 0 Å². The van der Waals surface area contributed by atoms with Crippen molar-refractivity contribution in [1.82, 2.24) is 29.9 Å². The normalized spacial score (nSPS) is 19.6. The average Bonchev–Trinajstić information content (AvgIpc) is 3.50. The minimum Gasteiger partial charge on any atom is -0.336 e. The van der Waals surface area contributed by atoms with E-state index in [1.54, 1.807) is 0 Å². The van der Waals surface area contributed by atoms with Crippen molar-refractivity contribution >= 4 is 5.91 Å². The molecular formula is C25H32N6O. The number of carbonyl (C=O) groups is 1. The van der Waals surface area contributed by atoms with Gasteiger partial charge in [-0.25, -0.2) is 0 Å². The Morgan fingerprint density at radius 1 is 1.25 bits per heavy atom. The highest BCUT2D eigenvalue weighted by atomic mass is 16.2. The summed E-state index contributed by atoms with van der Waals surface area (Å²) in [6.45, 7) is 8.94. The summed E-state index contributed by atoms with van der Waals surface area (Å²) in [5.74, 6) is 1.83. The number of aromatic nitrogens is 5. The summed E-state index contributed by atoms with van der Waals surface area (Å²) >= 11 is 0. The number of aromatic amines is 1. The van der Waals surface area contributed by atoms with Gasteiger partial charge in [-0.05, 0) is 42.2 Å². The first-order valence-electron chi connectivity index (χ1n) is 11.8. The summed E-state index contributed by atoms with van der Waals surface area (Å²) in [6.07, 6.45) is 6.37. The third-order valence-electron chi connectivity index (χ3n) is 7.27. The molecule has 3 aromatic rings. The second-order valence-corrected chi connectivity index (χ2v) is 9.91. The van der Waals surface area contributed by atoms with Crippen molar-refractivity contribution in [1.29, 1.82) is 0 Å². The number of nitrogens with zero attached hydrogens (tertiary/aromatic N) is 5. The SMILES string of the molecule is CCc1ccc(-c2cc(C(=O)N3CC(c4nncn4CC(C)C)C4(CCC4)C3)[nH]n2)cc1. The molecule has 7 heteroatoms. The number of hydrogen-bond donors (Lipinski definition) is 1. The fourth-order valence-corrected chi connectivity index (χ4v) is 5.35. The average molecular weight is 433 g/mol. The predicted octanol–water partition coefficient (Wildman–Crippen LogP) is 4.30. The van der Waals surface area contributed by atoms with E-state index in [2.05, 4.69) is 70.0 Å². The van der Waals surface area contributed by atoms with Gasteiger partial charge in [0, 0.05) is 31.1 Å². The molecule has 1 N–H and O–H groups in total. The van der Waals surface area contributed by atoms with E-state index in [1.807, 2.05) is 17.3 Å². The number of aryl methyl sites for hydroxylation is 1. The monoisotopic (exact) mass is 432 g/mol. The van der Waals surface area contributed by atoms with Crippen LogP contribution in [0.15, 0.2) is 36.7 Å². The van der Waals surface area contributed by atoms with Crippen molar-refractivity contribution in [2.75, 3.05) is 13.1 Å². The number of carbonyl (C=O) groups excluding carboxylic acids is 1. The zero-order valence-electron chi connectivity index (χ0n) is 19.2. The zero-order valence-corrected chi connectivity index (χ0v) is 19.2. The summed E-state index contributed by atoms with van der Waals surface area (Å²) in [7, 11) is 0. The van der Waals surface area contributed by atoms with Crippen molar-refractivity contribution in [2.45, 2.75) is 58.9 Å². The maximum absolute atomic E-state index is 13.4. The Balaban J connectivity index is 1.36. The smallest absolute Gasteiger partial charge is 0.271 e. The number of rotatable bonds is 6. The van der Waals surface area contributed by atoms with Gasteiger partial charge in [0.1, 0.15) is 17.8 Å². The molecular weight excluding hydrogens is 400 g/mol. The molecule has 2 aromatic heterocycles. The van der Waals surface area contributed by atoms with E-state index in [0.29, 0.717) is 18.2 Å². The third kappa shape index (κ3) is 3.63. The minimum absolute atomic E-state index is 0.0256. The number of benzene rings is 1. The molecule has 1 aromatic carbocycles. The van der Waals surface area contributed by atoms with Crippen LogP contribution in [0.3, 0.4) is 0 Å². The molecule has 1 saturated heterocycles. The van der Waals surface area contributed by atoms with E-state index >= 15 is 0 Å². The quantitative estimate of drug-likeness (QED) is 0.630. The summed E-state index contributed by atoms with van der Waals surface area (Å²) in [5.41, 5.74) is 3.81. The molecule has 3 heterocycles. The lowest BCUT2D eigenvalue weighted by atomic mass is 9.62. The Morgan fingerprint density at radius 3 is 2.69 bits per heavy atom. The van der Waals surface area contributed by atoms with Crippen molar-refractivity contribution in [2.24, 2.45) is 11.3 Å². The van der Waals surface area contributed by atoms with Crippen LogP contribution in [0.4, 0.5) is 0 Å². The fraction of sp³-hybridized carbons (Fsp3) is 0.520. The van der Waals surface area contributed by atoms with Gasteiger partial charge in [-0.15, -0.1) is 10.2 Å². The second-order valence-electron chi connectivity index (χ2n) is 9.91. The van der Waals surface area contributed by atoms with Crippen LogP contribution < -0.4 is 0 Å². The molecule has 0 radical (unpaired) electrons. The van der Waals surface area contributed by atoms with Gasteiger partial charge < -0.3 is 9.47 Å². The molecule has 7 nitrogen and oxygen atoms in total. The number of amides is 1. The molecule has 32 heavy (non-hydrogen) atoms. The van der Waals surface area contributed by atoms with Crippen molar-refractivity contribution < 1.29 is 4.79 Å². The van der Waals surface area contributed by atoms with Gasteiger partial charge >= 0.3 is 0 Å². The highest BCUT2D eigenvalue weighted by Crippen LogP contribution is 2.55. The molecule has 1 aliphatic carbocycles. The van der Waals surface area contributed by atoms with Gasteiger partial charge in [-0.1, -0.05) is 51.5 Å². The lowest BCUT2D eigenvalue weighted by Crippen LogP contribution is -2.38. The molecule has 5 rings (SSSR count). The number of likely N-dealkylation sites (tertiary alicyclic amines) is 1. The van der Waals surface area contributed by atoms with Crippen LogP contribution in [-0.4, -0.2) is 48.9 Å². The minimum atomic E-state index is 0.0256. The molecule has 168 valence electrons. The Hall–Kier alpha value is -2.96. The van der Waals surface area contributed by atoms with E-state index in [1.165, 1.54) is 12.0 Å². The lowest BCUT2D eigenvalue weighted by Gasteiger charge is -2.42. The van der Waals surface area contributed by atoms with E-state index < -0.39 is 0 Å². The van der Waals surface area contributed by atoms with Crippen molar-refractivity contribution in [3.63, 3.8) is 0 Å². The first kappa shape index (κ1) is 20.9. The summed E-state index contributed by atoms with van der Waals surface area (Å²) in [4.78, 5) is 15.4. The van der Waals surface area contributed by atoms with Crippen LogP contribution in [0.5, 0.6) is 0 Å². The highest BCUT2D eigenvalue weighted by Gasteiger charge is 2.53. The van der Waals surface area contributed by atoms with Gasteiger partial charge in [0.15, 0.2) is 0 Å². The Bertz CT molecular complexity index is 1090. The van der Waals surface area contributed by atoms with Gasteiger partial charge in [0.05, 0.1) is 5.69 Å². The molecule has 1 unspecified atom stereocenters. The van der Waals surface area contributed by atoms with Crippen LogP contribution in [0.2, 0.25) is 0 Å². The van der Waals surface area contributed by atoms with Crippen molar-refractivity contribution in [3.05, 3.63) is 53.7 Å². The van der Waals surface area contributed by atoms with Crippen LogP contribution in [0.25, 0.3) is 11.3 Å². The fourth-order valence-electron chi connectivity index (χ4n) is 5.35. The van der Waals surface area contributed by atoms with Gasteiger partial charge in [0.25, 0.3) is 5.91 Å². The molecule has 1 saturated carbocycles. The highest BCUT2D eigenvalue weighted by molar-refractivity contribution is 5.93. The molecule has 1 spiro atoms. The molecule has 0 bridgehead atoms. The van der Waals surface area contributed by atoms with Gasteiger partial charge in [-0.3, -0.25) is 9.89 Å². The maximum atomic E-state index is 13.4. The first-order chi connectivity index (χ1) is 15.5. The topological polar surface area (TPSA) is 79.7 Å². The Morgan fingerprint density at radius 2 is 2.03 bits per heavy atom. The maximum Gasteiger partial charge on any atom is 0.271 e. The molecule has 2 aliphatic rings. The Labute approximate surface area is 189 Å². The molecule has 2 fully saturated rings. The number of H-pyrrole nitrogens is 1. The van der Waals surface area contributed by atoms with Gasteiger partial charge in [0.2, 0.25) is 0 Å². The molecule has 1 aliphatic heterocycles. The zero-order chi connectivity index (χ0) is 22.3. The standard InChI is InChI=1S/C25H32N6O/c1-4-18-6-8-19(9-7-18)21-12-22(28-27-21)24(32)30-14-20(25(15-30)10-5-11-25)23-29-26-16-31(23)13-17(2)3/h6-9,12,16-17,20H,4-5,10-11,13-15H2,1-3H3,(H,27,28). The van der Waals surface area contributed by atoms with Crippen LogP contribution in [0.1, 0.15) is 67.8 Å². The van der Waals surface area contributed by atoms with Gasteiger partial charge in [-0.2, -0.15) is 5.10 Å². The molecule has 1 amide bonds. The van der Waals surface area contributed by atoms with Crippen LogP contribution >= 0.6 is 0 Å². The summed E-state index contributed by atoms with van der Waals surface area (Å²) < 4.78 is 2.19. The third-order valence-corrected chi connectivity index (χ3v) is 7.27. The van der Waals surface area contributed by atoms with E-state index in [0.717, 1.165) is 49.4 Å². The summed E-state index contributed by atoms with van der Waals surface area (Å²) in [6, 6.07) is 10.2. The largest absolute Gasteiger partial charge is 0.336 e.